The largest absolute Gasteiger partial charge is 0.422 e. The second kappa shape index (κ2) is 4.71. The van der Waals surface area contributed by atoms with Crippen LogP contribution in [0, 0.1) is 0 Å². The van der Waals surface area contributed by atoms with Crippen LogP contribution in [0.4, 0.5) is 5.69 Å². The summed E-state index contributed by atoms with van der Waals surface area (Å²) in [6.07, 6.45) is 2.71. The van der Waals surface area contributed by atoms with Gasteiger partial charge in [-0.2, -0.15) is 0 Å². The monoisotopic (exact) mass is 325 g/mol. The van der Waals surface area contributed by atoms with Crippen molar-refractivity contribution in [3.63, 3.8) is 0 Å². The van der Waals surface area contributed by atoms with Gasteiger partial charge in [-0.05, 0) is 41.4 Å². The molecule has 0 fully saturated rings. The van der Waals surface area contributed by atoms with E-state index in [2.05, 4.69) is 38.7 Å². The first-order valence-electron chi connectivity index (χ1n) is 8.60. The van der Waals surface area contributed by atoms with Crippen LogP contribution in [0.3, 0.4) is 0 Å². The Morgan fingerprint density at radius 2 is 1.75 bits per heavy atom. The summed E-state index contributed by atoms with van der Waals surface area (Å²) in [5, 5.41) is 0.857. The van der Waals surface area contributed by atoms with Crippen LogP contribution < -0.4 is 10.5 Å². The maximum atomic E-state index is 12.1. The lowest BCUT2D eigenvalue weighted by Gasteiger charge is -2.48. The number of carbonyl (C=O) groups excluding carboxylic acids is 1. The molecule has 0 unspecified atom stereocenters. The molecule has 0 radical (unpaired) electrons. The number of nitrogens with zero attached hydrogens (tertiary/aromatic N) is 1. The Kier molecular flexibility index (Phi) is 3.03. The zero-order chi connectivity index (χ0) is 17.3. The van der Waals surface area contributed by atoms with Crippen molar-refractivity contribution < 1.29 is 9.21 Å². The lowest BCUT2D eigenvalue weighted by molar-refractivity contribution is 0.112. The number of anilines is 1. The molecule has 0 N–H and O–H groups in total. The van der Waals surface area contributed by atoms with Gasteiger partial charge in [0.25, 0.3) is 0 Å². The second-order valence-electron chi connectivity index (χ2n) is 8.43. The van der Waals surface area contributed by atoms with Crippen molar-refractivity contribution in [2.45, 2.75) is 51.4 Å². The fourth-order valence-electron chi connectivity index (χ4n) is 4.25. The zero-order valence-electron chi connectivity index (χ0n) is 14.7. The predicted molar refractivity (Wildman–Crippen MR) is 95.4 cm³/mol. The second-order valence-corrected chi connectivity index (χ2v) is 8.43. The van der Waals surface area contributed by atoms with Crippen LogP contribution >= 0.6 is 0 Å². The SMILES string of the molecule is CC1(C)CCN2CCC(C)(C)c3c2c1cc1cc(C=O)c(=O)oc31. The van der Waals surface area contributed by atoms with Crippen molar-refractivity contribution in [2.24, 2.45) is 0 Å². The average molecular weight is 325 g/mol. The van der Waals surface area contributed by atoms with E-state index in [0.717, 1.165) is 36.9 Å². The third-order valence-electron chi connectivity index (χ3n) is 5.89. The number of rotatable bonds is 1. The standard InChI is InChI=1S/C20H23NO3/c1-19(2)5-7-21-8-6-20(3,4)15-16(21)14(19)10-12-9-13(11-22)18(23)24-17(12)15/h9-11H,5-8H2,1-4H3. The van der Waals surface area contributed by atoms with Crippen molar-refractivity contribution in [1.82, 2.24) is 0 Å². The highest BCUT2D eigenvalue weighted by Crippen LogP contribution is 2.51. The maximum Gasteiger partial charge on any atom is 0.346 e. The van der Waals surface area contributed by atoms with Crippen LogP contribution in [0.15, 0.2) is 21.3 Å². The van der Waals surface area contributed by atoms with E-state index < -0.39 is 5.63 Å². The molecule has 0 atom stereocenters. The molecule has 4 rings (SSSR count). The highest BCUT2D eigenvalue weighted by Gasteiger charge is 2.41. The van der Waals surface area contributed by atoms with Crippen molar-refractivity contribution in [3.05, 3.63) is 39.2 Å². The molecule has 0 amide bonds. The smallest absolute Gasteiger partial charge is 0.346 e. The van der Waals surface area contributed by atoms with Crippen molar-refractivity contribution >= 4 is 22.9 Å². The van der Waals surface area contributed by atoms with E-state index in [1.54, 1.807) is 6.07 Å². The van der Waals surface area contributed by atoms with Crippen LogP contribution in [0.1, 0.15) is 62.0 Å². The highest BCUT2D eigenvalue weighted by atomic mass is 16.4. The first-order chi connectivity index (χ1) is 11.2. The summed E-state index contributed by atoms with van der Waals surface area (Å²) in [4.78, 5) is 25.7. The Hall–Kier alpha value is -2.10. The van der Waals surface area contributed by atoms with Crippen LogP contribution in [-0.2, 0) is 10.8 Å². The third kappa shape index (κ3) is 1.98. The predicted octanol–water partition coefficient (Wildman–Crippen LogP) is 3.77. The molecule has 4 nitrogen and oxygen atoms in total. The van der Waals surface area contributed by atoms with Gasteiger partial charge in [-0.15, -0.1) is 0 Å². The molecular weight excluding hydrogens is 302 g/mol. The first-order valence-corrected chi connectivity index (χ1v) is 8.60. The van der Waals surface area contributed by atoms with Gasteiger partial charge in [0.1, 0.15) is 11.1 Å². The normalized spacial score (nSPS) is 20.8. The van der Waals surface area contributed by atoms with Gasteiger partial charge in [-0.25, -0.2) is 4.79 Å². The molecule has 0 spiro atoms. The summed E-state index contributed by atoms with van der Waals surface area (Å²) in [6, 6.07) is 3.81. The van der Waals surface area contributed by atoms with Gasteiger partial charge in [-0.3, -0.25) is 4.79 Å². The third-order valence-corrected chi connectivity index (χ3v) is 5.89. The minimum absolute atomic E-state index is 0.0633. The van der Waals surface area contributed by atoms with Crippen molar-refractivity contribution in [3.8, 4) is 0 Å². The van der Waals surface area contributed by atoms with Crippen LogP contribution in [-0.4, -0.2) is 19.4 Å². The van der Waals surface area contributed by atoms with Crippen LogP contribution in [0.25, 0.3) is 11.0 Å². The fraction of sp³-hybridized carbons (Fsp3) is 0.500. The summed E-state index contributed by atoms with van der Waals surface area (Å²) < 4.78 is 5.64. The lowest BCUT2D eigenvalue weighted by atomic mass is 9.69. The fourth-order valence-corrected chi connectivity index (χ4v) is 4.25. The quantitative estimate of drug-likeness (QED) is 0.591. The minimum atomic E-state index is -0.545. The molecule has 4 heteroatoms. The van der Waals surface area contributed by atoms with Gasteiger partial charge in [0.05, 0.1) is 0 Å². The van der Waals surface area contributed by atoms with Crippen LogP contribution in [0.5, 0.6) is 0 Å². The number of fused-ring (bicyclic) bond motifs is 2. The molecule has 0 bridgehead atoms. The first kappa shape index (κ1) is 15.4. The molecule has 2 aliphatic heterocycles. The van der Waals surface area contributed by atoms with Crippen molar-refractivity contribution in [2.75, 3.05) is 18.0 Å². The Bertz CT molecular complexity index is 919. The Morgan fingerprint density at radius 3 is 2.42 bits per heavy atom. The van der Waals surface area contributed by atoms with E-state index in [1.807, 2.05) is 0 Å². The highest BCUT2D eigenvalue weighted by molar-refractivity contribution is 5.93. The molecule has 3 heterocycles. The zero-order valence-corrected chi connectivity index (χ0v) is 14.7. The van der Waals surface area contributed by atoms with E-state index in [0.29, 0.717) is 11.9 Å². The van der Waals surface area contributed by atoms with Gasteiger partial charge >= 0.3 is 5.63 Å². The van der Waals surface area contributed by atoms with Gasteiger partial charge in [0.15, 0.2) is 6.29 Å². The Morgan fingerprint density at radius 1 is 1.08 bits per heavy atom. The van der Waals surface area contributed by atoms with Gasteiger partial charge in [0.2, 0.25) is 0 Å². The number of hydrogen-bond acceptors (Lipinski definition) is 4. The molecule has 0 saturated heterocycles. The molecule has 1 aromatic heterocycles. The summed E-state index contributed by atoms with van der Waals surface area (Å²) in [5.41, 5.74) is 3.88. The molecular formula is C20H23NO3. The maximum absolute atomic E-state index is 12.1. The van der Waals surface area contributed by atoms with E-state index in [9.17, 15) is 9.59 Å². The van der Waals surface area contributed by atoms with E-state index in [4.69, 9.17) is 4.42 Å². The topological polar surface area (TPSA) is 50.5 Å². The molecule has 2 aromatic rings. The van der Waals surface area contributed by atoms with Crippen molar-refractivity contribution in [1.29, 1.82) is 0 Å². The number of aldehydes is 1. The van der Waals surface area contributed by atoms with Crippen LogP contribution in [0.2, 0.25) is 0 Å². The Balaban J connectivity index is 2.20. The molecule has 1 aromatic carbocycles. The number of hydrogen-bond donors (Lipinski definition) is 0. The molecule has 0 aliphatic carbocycles. The van der Waals surface area contributed by atoms with Gasteiger partial charge in [-0.1, -0.05) is 27.7 Å². The van der Waals surface area contributed by atoms with E-state index >= 15 is 0 Å². The summed E-state index contributed by atoms with van der Waals surface area (Å²) in [6.45, 7) is 11.0. The summed E-state index contributed by atoms with van der Waals surface area (Å²) in [7, 11) is 0. The number of benzene rings is 1. The number of carbonyl (C=O) groups is 1. The van der Waals surface area contributed by atoms with Gasteiger partial charge in [0, 0.05) is 29.7 Å². The van der Waals surface area contributed by atoms with Gasteiger partial charge < -0.3 is 9.32 Å². The van der Waals surface area contributed by atoms with E-state index in [-0.39, 0.29) is 16.4 Å². The average Bonchev–Trinajstić information content (AvgIpc) is 2.51. The Labute approximate surface area is 141 Å². The molecule has 2 aliphatic rings. The molecule has 24 heavy (non-hydrogen) atoms. The van der Waals surface area contributed by atoms with E-state index in [1.165, 1.54) is 11.3 Å². The molecule has 0 saturated carbocycles. The summed E-state index contributed by atoms with van der Waals surface area (Å²) >= 11 is 0. The summed E-state index contributed by atoms with van der Waals surface area (Å²) in [5.74, 6) is 0. The minimum Gasteiger partial charge on any atom is -0.422 e. The lowest BCUT2D eigenvalue weighted by Crippen LogP contribution is -2.44. The molecule has 126 valence electrons.